The Hall–Kier alpha value is -2.15. The quantitative estimate of drug-likeness (QED) is 0.866. The molecule has 0 saturated heterocycles. The molecular formula is C13H13FN2O3S. The summed E-state index contributed by atoms with van der Waals surface area (Å²) in [5.41, 5.74) is 0. The summed E-state index contributed by atoms with van der Waals surface area (Å²) in [6, 6.07) is 8.39. The molecule has 20 heavy (non-hydrogen) atoms. The molecule has 7 heteroatoms. The lowest BCUT2D eigenvalue weighted by Gasteiger charge is -2.18. The Morgan fingerprint density at radius 3 is 2.55 bits per heavy atom. The van der Waals surface area contributed by atoms with Crippen molar-refractivity contribution < 1.29 is 17.5 Å². The van der Waals surface area contributed by atoms with E-state index in [1.165, 1.54) is 32.5 Å². The molecule has 0 aliphatic heterocycles. The molecule has 0 radical (unpaired) electrons. The number of methoxy groups -OCH3 is 1. The van der Waals surface area contributed by atoms with Crippen molar-refractivity contribution in [3.05, 3.63) is 48.4 Å². The highest BCUT2D eigenvalue weighted by Gasteiger charge is 2.23. The van der Waals surface area contributed by atoms with Crippen LogP contribution in [0.3, 0.4) is 0 Å². The predicted molar refractivity (Wildman–Crippen MR) is 72.8 cm³/mol. The summed E-state index contributed by atoms with van der Waals surface area (Å²) in [4.78, 5) is 3.79. The summed E-state index contributed by atoms with van der Waals surface area (Å²) >= 11 is 0. The van der Waals surface area contributed by atoms with Crippen LogP contribution in [-0.2, 0) is 10.0 Å². The number of ether oxygens (including phenoxy) is 1. The smallest absolute Gasteiger partial charge is 0.265 e. The monoisotopic (exact) mass is 296 g/mol. The minimum Gasteiger partial charge on any atom is -0.494 e. The van der Waals surface area contributed by atoms with Gasteiger partial charge in [-0.2, -0.15) is 0 Å². The second-order valence-corrected chi connectivity index (χ2v) is 5.93. The minimum atomic E-state index is -3.86. The highest BCUT2D eigenvalue weighted by molar-refractivity contribution is 7.92. The summed E-state index contributed by atoms with van der Waals surface area (Å²) in [7, 11) is -1.19. The molecule has 0 fully saturated rings. The summed E-state index contributed by atoms with van der Waals surface area (Å²) in [6.07, 6.45) is 1.48. The number of aromatic nitrogens is 1. The maximum atomic E-state index is 13.6. The number of sulfonamides is 1. The van der Waals surface area contributed by atoms with E-state index in [4.69, 9.17) is 4.74 Å². The van der Waals surface area contributed by atoms with Crippen LogP contribution < -0.4 is 9.04 Å². The van der Waals surface area contributed by atoms with Gasteiger partial charge in [0.1, 0.15) is 5.82 Å². The first-order chi connectivity index (χ1) is 9.46. The van der Waals surface area contributed by atoms with Crippen molar-refractivity contribution in [2.45, 2.75) is 4.90 Å². The molecule has 5 nitrogen and oxygen atoms in total. The van der Waals surface area contributed by atoms with Crippen LogP contribution in [0.5, 0.6) is 5.75 Å². The molecule has 0 atom stereocenters. The third-order valence-corrected chi connectivity index (χ3v) is 4.51. The van der Waals surface area contributed by atoms with Gasteiger partial charge in [0.15, 0.2) is 11.6 Å². The van der Waals surface area contributed by atoms with Crippen molar-refractivity contribution in [2.75, 3.05) is 18.5 Å². The highest BCUT2D eigenvalue weighted by atomic mass is 32.2. The van der Waals surface area contributed by atoms with Crippen LogP contribution in [0.25, 0.3) is 0 Å². The zero-order valence-electron chi connectivity index (χ0n) is 10.9. The zero-order chi connectivity index (χ0) is 14.8. The third kappa shape index (κ3) is 2.57. The molecule has 1 heterocycles. The topological polar surface area (TPSA) is 59.5 Å². The summed E-state index contributed by atoms with van der Waals surface area (Å²) in [5.74, 6) is -0.490. The zero-order valence-corrected chi connectivity index (χ0v) is 11.8. The average Bonchev–Trinajstić information content (AvgIpc) is 2.47. The van der Waals surface area contributed by atoms with E-state index in [0.29, 0.717) is 0 Å². The van der Waals surface area contributed by atoms with Crippen molar-refractivity contribution in [2.24, 2.45) is 0 Å². The molecule has 0 aliphatic rings. The minimum absolute atomic E-state index is 0.00978. The van der Waals surface area contributed by atoms with Gasteiger partial charge in [0, 0.05) is 13.2 Å². The van der Waals surface area contributed by atoms with Gasteiger partial charge < -0.3 is 4.74 Å². The van der Waals surface area contributed by atoms with Gasteiger partial charge in [-0.15, -0.1) is 0 Å². The maximum absolute atomic E-state index is 13.6. The number of anilines is 1. The number of nitrogens with zero attached hydrogens (tertiary/aromatic N) is 2. The Morgan fingerprint density at radius 1 is 1.25 bits per heavy atom. The van der Waals surface area contributed by atoms with Crippen LogP contribution in [0.1, 0.15) is 0 Å². The Morgan fingerprint density at radius 2 is 2.00 bits per heavy atom. The fourth-order valence-corrected chi connectivity index (χ4v) is 2.79. The van der Waals surface area contributed by atoms with Crippen LogP contribution in [0.15, 0.2) is 47.5 Å². The Kier molecular flexibility index (Phi) is 3.89. The molecule has 2 rings (SSSR count). The molecule has 106 valence electrons. The number of benzene rings is 1. The van der Waals surface area contributed by atoms with Gasteiger partial charge in [0.25, 0.3) is 10.0 Å². The molecule has 0 bridgehead atoms. The van der Waals surface area contributed by atoms with Crippen LogP contribution in [-0.4, -0.2) is 27.6 Å². The largest absolute Gasteiger partial charge is 0.494 e. The molecule has 0 aliphatic carbocycles. The van der Waals surface area contributed by atoms with E-state index in [1.807, 2.05) is 0 Å². The van der Waals surface area contributed by atoms with Crippen molar-refractivity contribution in [3.8, 4) is 5.75 Å². The van der Waals surface area contributed by atoms with Gasteiger partial charge in [-0.3, -0.25) is 4.31 Å². The van der Waals surface area contributed by atoms with E-state index in [9.17, 15) is 12.8 Å². The second kappa shape index (κ2) is 5.46. The lowest BCUT2D eigenvalue weighted by Crippen LogP contribution is -2.27. The average molecular weight is 296 g/mol. The first kappa shape index (κ1) is 14.3. The standard InChI is InChI=1S/C13H13FN2O3S/c1-16(13-5-3-4-8-15-13)20(17,18)10-6-7-12(19-2)11(14)9-10/h3-9H,1-2H3. The Labute approximate surface area is 116 Å². The van der Waals surface area contributed by atoms with Gasteiger partial charge in [-0.1, -0.05) is 6.07 Å². The van der Waals surface area contributed by atoms with E-state index < -0.39 is 15.8 Å². The number of hydrogen-bond donors (Lipinski definition) is 0. The van der Waals surface area contributed by atoms with E-state index in [0.717, 1.165) is 10.4 Å². The van der Waals surface area contributed by atoms with Gasteiger partial charge in [0.2, 0.25) is 0 Å². The highest BCUT2D eigenvalue weighted by Crippen LogP contribution is 2.24. The van der Waals surface area contributed by atoms with E-state index in [1.54, 1.807) is 18.2 Å². The van der Waals surface area contributed by atoms with Gasteiger partial charge in [-0.25, -0.2) is 17.8 Å². The number of hydrogen-bond acceptors (Lipinski definition) is 4. The summed E-state index contributed by atoms with van der Waals surface area (Å²) in [6.45, 7) is 0. The molecule has 0 spiro atoms. The fraction of sp³-hybridized carbons (Fsp3) is 0.154. The summed E-state index contributed by atoms with van der Waals surface area (Å²) < 4.78 is 44.1. The first-order valence-corrected chi connectivity index (χ1v) is 7.14. The molecule has 0 saturated carbocycles. The normalized spacial score (nSPS) is 11.2. The fourth-order valence-electron chi connectivity index (χ4n) is 1.63. The van der Waals surface area contributed by atoms with Crippen molar-refractivity contribution in [3.63, 3.8) is 0 Å². The summed E-state index contributed by atoms with van der Waals surface area (Å²) in [5, 5.41) is 0. The van der Waals surface area contributed by atoms with Crippen LogP contribution >= 0.6 is 0 Å². The molecule has 1 aromatic heterocycles. The van der Waals surface area contributed by atoms with E-state index in [2.05, 4.69) is 4.98 Å². The molecule has 0 N–H and O–H groups in total. The molecule has 1 aromatic carbocycles. The maximum Gasteiger partial charge on any atom is 0.265 e. The first-order valence-electron chi connectivity index (χ1n) is 5.70. The number of pyridine rings is 1. The van der Waals surface area contributed by atoms with E-state index >= 15 is 0 Å². The van der Waals surface area contributed by atoms with Crippen molar-refractivity contribution >= 4 is 15.8 Å². The molecule has 2 aromatic rings. The van der Waals surface area contributed by atoms with Crippen LogP contribution in [0.4, 0.5) is 10.2 Å². The van der Waals surface area contributed by atoms with Gasteiger partial charge in [-0.05, 0) is 30.3 Å². The van der Waals surface area contributed by atoms with Crippen molar-refractivity contribution in [1.82, 2.24) is 4.98 Å². The van der Waals surface area contributed by atoms with E-state index in [-0.39, 0.29) is 16.5 Å². The number of rotatable bonds is 4. The SMILES string of the molecule is COc1ccc(S(=O)(=O)N(C)c2ccccn2)cc1F. The number of halogens is 1. The van der Waals surface area contributed by atoms with Gasteiger partial charge >= 0.3 is 0 Å². The van der Waals surface area contributed by atoms with Crippen LogP contribution in [0, 0.1) is 5.82 Å². The lowest BCUT2D eigenvalue weighted by atomic mass is 10.3. The molecule has 0 unspecified atom stereocenters. The Bertz CT molecular complexity index is 705. The third-order valence-electron chi connectivity index (χ3n) is 2.75. The lowest BCUT2D eigenvalue weighted by molar-refractivity contribution is 0.385. The predicted octanol–water partition coefficient (Wildman–Crippen LogP) is 2.05. The second-order valence-electron chi connectivity index (χ2n) is 3.96. The Balaban J connectivity index is 2.43. The van der Waals surface area contributed by atoms with Crippen molar-refractivity contribution in [1.29, 1.82) is 0 Å². The molecule has 0 amide bonds. The van der Waals surface area contributed by atoms with Crippen LogP contribution in [0.2, 0.25) is 0 Å². The molecular weight excluding hydrogens is 283 g/mol. The van der Waals surface area contributed by atoms with Gasteiger partial charge in [0.05, 0.1) is 12.0 Å².